The molecule has 0 radical (unpaired) electrons. The summed E-state index contributed by atoms with van der Waals surface area (Å²) >= 11 is 2.21. The van der Waals surface area contributed by atoms with Crippen LogP contribution >= 0.6 is 22.6 Å². The number of alkyl halides is 1. The zero-order valence-electron chi connectivity index (χ0n) is 9.20. The lowest BCUT2D eigenvalue weighted by atomic mass is 10.2. The Morgan fingerprint density at radius 2 is 1.80 bits per heavy atom. The Balaban J connectivity index is 0. The van der Waals surface area contributed by atoms with E-state index in [9.17, 15) is 0 Å². The average Bonchev–Trinajstić information content (AvgIpc) is 2.28. The zero-order chi connectivity index (χ0) is 10.6. The Labute approximate surface area is 106 Å². The Bertz CT molecular complexity index is 231. The van der Waals surface area contributed by atoms with Gasteiger partial charge < -0.3 is 11.3 Å². The molecule has 0 atom stereocenters. The average molecular weight is 321 g/mol. The molecule has 0 aromatic heterocycles. The number of aliphatic hydroxyl groups excluding tert-OH is 1. The van der Waals surface area contributed by atoms with Gasteiger partial charge in [0.15, 0.2) is 0 Å². The Hall–Kier alpha value is -0.390. The molecule has 0 aliphatic rings. The van der Waals surface area contributed by atoms with Gasteiger partial charge >= 0.3 is 0 Å². The molecule has 0 unspecified atom stereocenters. The molecule has 2 nitrogen and oxygen atoms in total. The molecule has 15 heavy (non-hydrogen) atoms. The van der Waals surface area contributed by atoms with Crippen molar-refractivity contribution in [3.8, 4) is 0 Å². The number of hydrogen-bond acceptors (Lipinski definition) is 2. The third-order valence-electron chi connectivity index (χ3n) is 1.61. The van der Waals surface area contributed by atoms with Crippen LogP contribution in [0.15, 0.2) is 42.5 Å². The normalized spacial score (nSPS) is 9.00. The molecule has 0 aliphatic carbocycles. The lowest BCUT2D eigenvalue weighted by molar-refractivity contribution is 0.342. The molecule has 1 rings (SSSR count). The van der Waals surface area contributed by atoms with E-state index in [2.05, 4.69) is 53.8 Å². The summed E-state index contributed by atoms with van der Waals surface area (Å²) in [6, 6.07) is 10.5. The van der Waals surface area contributed by atoms with E-state index in [1.165, 1.54) is 5.56 Å². The fourth-order valence-electron chi connectivity index (χ4n) is 0.851. The van der Waals surface area contributed by atoms with Crippen LogP contribution in [0.3, 0.4) is 0 Å². The molecule has 86 valence electrons. The second-order valence-electron chi connectivity index (χ2n) is 2.65. The van der Waals surface area contributed by atoms with Gasteiger partial charge in [0.25, 0.3) is 0 Å². The van der Waals surface area contributed by atoms with Crippen molar-refractivity contribution in [2.75, 3.05) is 11.0 Å². The molecule has 0 saturated heterocycles. The van der Waals surface area contributed by atoms with Crippen LogP contribution in [0, 0.1) is 0 Å². The van der Waals surface area contributed by atoms with Gasteiger partial charge in [-0.15, -0.1) is 0 Å². The summed E-state index contributed by atoms with van der Waals surface area (Å²) in [5.74, 6) is 0. The maximum absolute atomic E-state index is 8.11. The highest BCUT2D eigenvalue weighted by Gasteiger charge is 1.79. The minimum atomic E-state index is 0. The van der Waals surface area contributed by atoms with Crippen molar-refractivity contribution in [3.05, 3.63) is 48.0 Å². The standard InChI is InChI=1S/C8H10.C4H7IO.H3N/c1-2-8-6-4-3-5-7-8;5-3-1-2-4-6;/h3-7H,2H2,1H3;1-2,6H,3-4H2;1H3/b;2-1-;. The SMILES string of the molecule is CCc1ccccc1.N.OC/C=C\CI. The van der Waals surface area contributed by atoms with Gasteiger partial charge in [-0.2, -0.15) is 0 Å². The predicted octanol–water partition coefficient (Wildman–Crippen LogP) is 3.38. The van der Waals surface area contributed by atoms with Gasteiger partial charge in [0.2, 0.25) is 0 Å². The number of hydrogen-bond donors (Lipinski definition) is 2. The molecule has 4 N–H and O–H groups in total. The summed E-state index contributed by atoms with van der Waals surface area (Å²) < 4.78 is 0.984. The Kier molecular flexibility index (Phi) is 15.4. The van der Waals surface area contributed by atoms with Crippen LogP contribution in [0.1, 0.15) is 12.5 Å². The summed E-state index contributed by atoms with van der Waals surface area (Å²) in [5.41, 5.74) is 1.41. The van der Waals surface area contributed by atoms with E-state index in [-0.39, 0.29) is 12.8 Å². The van der Waals surface area contributed by atoms with Crippen LogP contribution < -0.4 is 6.15 Å². The van der Waals surface area contributed by atoms with Gasteiger partial charge in [0, 0.05) is 4.43 Å². The molecule has 1 aromatic carbocycles. The van der Waals surface area contributed by atoms with Gasteiger partial charge in [0.05, 0.1) is 6.61 Å². The third-order valence-corrected chi connectivity index (χ3v) is 2.12. The van der Waals surface area contributed by atoms with Crippen LogP contribution in [0.4, 0.5) is 0 Å². The topological polar surface area (TPSA) is 55.2 Å². The molecule has 0 spiro atoms. The second kappa shape index (κ2) is 13.6. The first-order valence-corrected chi connectivity index (χ1v) is 6.23. The monoisotopic (exact) mass is 321 g/mol. The third kappa shape index (κ3) is 11.5. The minimum Gasteiger partial charge on any atom is -0.392 e. The van der Waals surface area contributed by atoms with Gasteiger partial charge in [-0.25, -0.2) is 0 Å². The summed E-state index contributed by atoms with van der Waals surface area (Å²) in [6.07, 6.45) is 4.79. The number of aliphatic hydroxyl groups is 1. The van der Waals surface area contributed by atoms with Gasteiger partial charge in [-0.1, -0.05) is 72.0 Å². The smallest absolute Gasteiger partial charge is 0.0612 e. The van der Waals surface area contributed by atoms with Crippen LogP contribution in [0.2, 0.25) is 0 Å². The summed E-state index contributed by atoms with van der Waals surface area (Å²) in [5, 5.41) is 8.11. The highest BCUT2D eigenvalue weighted by Crippen LogP contribution is 1.96. The second-order valence-corrected chi connectivity index (χ2v) is 3.53. The highest BCUT2D eigenvalue weighted by atomic mass is 127. The van der Waals surface area contributed by atoms with Crippen molar-refractivity contribution in [1.29, 1.82) is 0 Å². The molecule has 3 heteroatoms. The van der Waals surface area contributed by atoms with Crippen molar-refractivity contribution < 1.29 is 5.11 Å². The summed E-state index contributed by atoms with van der Waals surface area (Å²) in [4.78, 5) is 0. The molecule has 0 aliphatic heterocycles. The number of benzene rings is 1. The Morgan fingerprint density at radius 1 is 1.20 bits per heavy atom. The fourth-order valence-corrected chi connectivity index (χ4v) is 1.21. The molecule has 0 amide bonds. The van der Waals surface area contributed by atoms with Gasteiger partial charge in [0.1, 0.15) is 0 Å². The zero-order valence-corrected chi connectivity index (χ0v) is 11.4. The maximum Gasteiger partial charge on any atom is 0.0612 e. The number of rotatable bonds is 3. The van der Waals surface area contributed by atoms with E-state index in [1.54, 1.807) is 6.08 Å². The van der Waals surface area contributed by atoms with E-state index in [0.29, 0.717) is 0 Å². The van der Waals surface area contributed by atoms with E-state index in [4.69, 9.17) is 5.11 Å². The number of allylic oxidation sites excluding steroid dienone is 1. The molecule has 0 bridgehead atoms. The van der Waals surface area contributed by atoms with Crippen molar-refractivity contribution in [3.63, 3.8) is 0 Å². The first-order chi connectivity index (χ1) is 6.85. The van der Waals surface area contributed by atoms with Crippen molar-refractivity contribution in [2.24, 2.45) is 0 Å². The van der Waals surface area contributed by atoms with E-state index >= 15 is 0 Å². The van der Waals surface area contributed by atoms with E-state index < -0.39 is 0 Å². The van der Waals surface area contributed by atoms with Crippen LogP contribution in [0.5, 0.6) is 0 Å². The summed E-state index contributed by atoms with van der Waals surface area (Å²) in [6.45, 7) is 2.33. The number of halogens is 1. The van der Waals surface area contributed by atoms with E-state index in [0.717, 1.165) is 10.8 Å². The minimum absolute atomic E-state index is 0. The first-order valence-electron chi connectivity index (χ1n) is 4.70. The largest absolute Gasteiger partial charge is 0.392 e. The molecule has 0 fully saturated rings. The lowest BCUT2D eigenvalue weighted by Gasteiger charge is -1.89. The van der Waals surface area contributed by atoms with Crippen molar-refractivity contribution >= 4 is 22.6 Å². The van der Waals surface area contributed by atoms with Crippen LogP contribution in [-0.4, -0.2) is 16.1 Å². The fraction of sp³-hybridized carbons (Fsp3) is 0.333. The molecular weight excluding hydrogens is 301 g/mol. The van der Waals surface area contributed by atoms with Gasteiger partial charge in [-0.3, -0.25) is 0 Å². The molecule has 0 heterocycles. The molecule has 0 saturated carbocycles. The predicted molar refractivity (Wildman–Crippen MR) is 76.0 cm³/mol. The lowest BCUT2D eigenvalue weighted by Crippen LogP contribution is -1.73. The molecular formula is C12H20INO. The first kappa shape index (κ1) is 17.0. The van der Waals surface area contributed by atoms with Crippen molar-refractivity contribution in [1.82, 2.24) is 6.15 Å². The van der Waals surface area contributed by atoms with Gasteiger partial charge in [-0.05, 0) is 12.0 Å². The van der Waals surface area contributed by atoms with E-state index in [1.807, 2.05) is 12.1 Å². The highest BCUT2D eigenvalue weighted by molar-refractivity contribution is 14.1. The summed E-state index contributed by atoms with van der Waals surface area (Å²) in [7, 11) is 0. The Morgan fingerprint density at radius 3 is 2.07 bits per heavy atom. The quantitative estimate of drug-likeness (QED) is 0.509. The maximum atomic E-state index is 8.11. The molecule has 1 aromatic rings. The number of aryl methyl sites for hydroxylation is 1. The van der Waals surface area contributed by atoms with Crippen LogP contribution in [0.25, 0.3) is 0 Å². The van der Waals surface area contributed by atoms with Crippen molar-refractivity contribution in [2.45, 2.75) is 13.3 Å². The van der Waals surface area contributed by atoms with Crippen LogP contribution in [-0.2, 0) is 6.42 Å².